The first-order valence-corrected chi connectivity index (χ1v) is 7.37. The average molecular weight is 327 g/mol. The number of hydrogen-bond donors (Lipinski definition) is 1. The summed E-state index contributed by atoms with van der Waals surface area (Å²) in [6, 6.07) is 18.3. The van der Waals surface area contributed by atoms with Gasteiger partial charge in [-0.1, -0.05) is 52.3 Å². The smallest absolute Gasteiger partial charge is 0.0705 e. The normalized spacial score (nSPS) is 12.5. The second-order valence-corrected chi connectivity index (χ2v) is 5.67. The molecular weight excluding hydrogens is 312 g/mol. The van der Waals surface area contributed by atoms with Crippen molar-refractivity contribution >= 4 is 26.8 Å². The van der Waals surface area contributed by atoms with Crippen molar-refractivity contribution in [1.82, 2.24) is 4.98 Å². The van der Waals surface area contributed by atoms with E-state index >= 15 is 0 Å². The molecule has 100 valence electrons. The van der Waals surface area contributed by atoms with E-state index < -0.39 is 0 Å². The molecule has 1 atom stereocenters. The van der Waals surface area contributed by atoms with Gasteiger partial charge in [-0.3, -0.25) is 4.98 Å². The fourth-order valence-corrected chi connectivity index (χ4v) is 2.91. The van der Waals surface area contributed by atoms with Crippen LogP contribution in [0.15, 0.2) is 65.3 Å². The molecule has 2 N–H and O–H groups in total. The van der Waals surface area contributed by atoms with Crippen LogP contribution < -0.4 is 5.73 Å². The van der Waals surface area contributed by atoms with Crippen molar-refractivity contribution in [3.8, 4) is 0 Å². The maximum atomic E-state index is 6.41. The van der Waals surface area contributed by atoms with Gasteiger partial charge in [0.15, 0.2) is 0 Å². The van der Waals surface area contributed by atoms with Gasteiger partial charge in [-0.15, -0.1) is 0 Å². The fourth-order valence-electron chi connectivity index (χ4n) is 2.46. The van der Waals surface area contributed by atoms with Crippen LogP contribution in [0.25, 0.3) is 10.9 Å². The molecule has 0 spiro atoms. The maximum Gasteiger partial charge on any atom is 0.0705 e. The van der Waals surface area contributed by atoms with Crippen molar-refractivity contribution in [1.29, 1.82) is 0 Å². The van der Waals surface area contributed by atoms with E-state index in [4.69, 9.17) is 5.73 Å². The number of rotatable bonds is 3. The van der Waals surface area contributed by atoms with Crippen molar-refractivity contribution in [3.05, 3.63) is 76.4 Å². The van der Waals surface area contributed by atoms with Crippen molar-refractivity contribution < 1.29 is 0 Å². The zero-order valence-electron chi connectivity index (χ0n) is 11.0. The number of halogens is 1. The average Bonchev–Trinajstić information content (AvgIpc) is 2.49. The van der Waals surface area contributed by atoms with E-state index in [0.29, 0.717) is 0 Å². The Balaban J connectivity index is 1.97. The summed E-state index contributed by atoms with van der Waals surface area (Å²) in [6.45, 7) is 0. The molecule has 0 aliphatic heterocycles. The van der Waals surface area contributed by atoms with Gasteiger partial charge in [0.1, 0.15) is 0 Å². The van der Waals surface area contributed by atoms with E-state index in [1.807, 2.05) is 42.6 Å². The number of aromatic nitrogens is 1. The summed E-state index contributed by atoms with van der Waals surface area (Å²) in [5, 5.41) is 1.13. The van der Waals surface area contributed by atoms with Crippen LogP contribution in [0.3, 0.4) is 0 Å². The number of nitrogens with zero attached hydrogens (tertiary/aromatic N) is 1. The highest BCUT2D eigenvalue weighted by Crippen LogP contribution is 2.26. The summed E-state index contributed by atoms with van der Waals surface area (Å²) in [6.07, 6.45) is 2.61. The van der Waals surface area contributed by atoms with Crippen LogP contribution in [0, 0.1) is 0 Å². The minimum absolute atomic E-state index is 0.0402. The van der Waals surface area contributed by atoms with E-state index in [2.05, 4.69) is 39.1 Å². The highest BCUT2D eigenvalue weighted by molar-refractivity contribution is 9.10. The largest absolute Gasteiger partial charge is 0.324 e. The zero-order chi connectivity index (χ0) is 13.9. The van der Waals surface area contributed by atoms with Gasteiger partial charge >= 0.3 is 0 Å². The summed E-state index contributed by atoms with van der Waals surface area (Å²) in [4.78, 5) is 4.38. The molecule has 0 saturated heterocycles. The Morgan fingerprint density at radius 2 is 1.85 bits per heavy atom. The molecule has 1 unspecified atom stereocenters. The Hall–Kier alpha value is -1.71. The van der Waals surface area contributed by atoms with Crippen LogP contribution in [-0.4, -0.2) is 4.98 Å². The molecule has 0 fully saturated rings. The number of pyridine rings is 1. The van der Waals surface area contributed by atoms with Gasteiger partial charge in [-0.25, -0.2) is 0 Å². The lowest BCUT2D eigenvalue weighted by molar-refractivity contribution is 0.726. The van der Waals surface area contributed by atoms with Crippen molar-refractivity contribution in [2.24, 2.45) is 5.73 Å². The number of hydrogen-bond acceptors (Lipinski definition) is 2. The predicted octanol–water partition coefficient (Wildman–Crippen LogP) is 4.24. The van der Waals surface area contributed by atoms with Crippen LogP contribution in [0.2, 0.25) is 0 Å². The lowest BCUT2D eigenvalue weighted by atomic mass is 9.96. The minimum atomic E-state index is -0.0402. The van der Waals surface area contributed by atoms with Gasteiger partial charge < -0.3 is 5.73 Å². The number of fused-ring (bicyclic) bond motifs is 1. The topological polar surface area (TPSA) is 38.9 Å². The molecule has 1 aromatic heterocycles. The number of benzene rings is 2. The third-order valence-corrected chi connectivity index (χ3v) is 4.25. The molecule has 3 rings (SSSR count). The summed E-state index contributed by atoms with van der Waals surface area (Å²) in [5.41, 5.74) is 9.77. The summed E-state index contributed by atoms with van der Waals surface area (Å²) < 4.78 is 1.11. The molecule has 3 heteroatoms. The molecule has 0 bridgehead atoms. The van der Waals surface area contributed by atoms with Gasteiger partial charge in [0, 0.05) is 22.1 Å². The molecule has 0 saturated carbocycles. The van der Waals surface area contributed by atoms with E-state index in [9.17, 15) is 0 Å². The molecule has 1 heterocycles. The first kappa shape index (κ1) is 13.3. The number of nitrogens with two attached hydrogens (primary N) is 1. The van der Waals surface area contributed by atoms with E-state index in [-0.39, 0.29) is 6.04 Å². The van der Waals surface area contributed by atoms with Gasteiger partial charge in [-0.05, 0) is 35.7 Å². The van der Waals surface area contributed by atoms with Crippen LogP contribution in [0.5, 0.6) is 0 Å². The van der Waals surface area contributed by atoms with E-state index in [1.54, 1.807) is 0 Å². The lowest BCUT2D eigenvalue weighted by Gasteiger charge is -2.15. The van der Waals surface area contributed by atoms with E-state index in [1.165, 1.54) is 5.56 Å². The second-order valence-electron chi connectivity index (χ2n) is 4.82. The summed E-state index contributed by atoms with van der Waals surface area (Å²) >= 11 is 3.58. The highest BCUT2D eigenvalue weighted by atomic mass is 79.9. The molecule has 3 aromatic rings. The first-order valence-electron chi connectivity index (χ1n) is 6.58. The lowest BCUT2D eigenvalue weighted by Crippen LogP contribution is -2.14. The van der Waals surface area contributed by atoms with E-state index in [0.717, 1.165) is 27.4 Å². The SMILES string of the molecule is NC(Cc1ccccc1Br)c1cccc2ncccc12. The van der Waals surface area contributed by atoms with Crippen molar-refractivity contribution in [2.45, 2.75) is 12.5 Å². The van der Waals surface area contributed by atoms with Crippen LogP contribution in [-0.2, 0) is 6.42 Å². The van der Waals surface area contributed by atoms with Gasteiger partial charge in [0.2, 0.25) is 0 Å². The Kier molecular flexibility index (Phi) is 3.81. The third kappa shape index (κ3) is 2.60. The predicted molar refractivity (Wildman–Crippen MR) is 86.5 cm³/mol. The first-order chi connectivity index (χ1) is 9.75. The Labute approximate surface area is 126 Å². The minimum Gasteiger partial charge on any atom is -0.324 e. The molecule has 0 aliphatic rings. The molecular formula is C17H15BrN2. The highest BCUT2D eigenvalue weighted by Gasteiger charge is 2.12. The van der Waals surface area contributed by atoms with Crippen molar-refractivity contribution in [2.75, 3.05) is 0 Å². The Morgan fingerprint density at radius 1 is 1.00 bits per heavy atom. The van der Waals surface area contributed by atoms with Crippen LogP contribution in [0.4, 0.5) is 0 Å². The third-order valence-electron chi connectivity index (χ3n) is 3.48. The van der Waals surface area contributed by atoms with Crippen LogP contribution >= 0.6 is 15.9 Å². The molecule has 0 amide bonds. The molecule has 2 nitrogen and oxygen atoms in total. The van der Waals surface area contributed by atoms with Crippen LogP contribution in [0.1, 0.15) is 17.2 Å². The molecule has 0 aliphatic carbocycles. The summed E-state index contributed by atoms with van der Waals surface area (Å²) in [5.74, 6) is 0. The quantitative estimate of drug-likeness (QED) is 0.781. The molecule has 20 heavy (non-hydrogen) atoms. The van der Waals surface area contributed by atoms with Gasteiger partial charge in [-0.2, -0.15) is 0 Å². The second kappa shape index (κ2) is 5.73. The zero-order valence-corrected chi connectivity index (χ0v) is 12.5. The standard InChI is InChI=1S/C17H15BrN2/c18-15-8-2-1-5-12(15)11-16(19)13-6-3-9-17-14(13)7-4-10-20-17/h1-10,16H,11,19H2. The summed E-state index contributed by atoms with van der Waals surface area (Å²) in [7, 11) is 0. The monoisotopic (exact) mass is 326 g/mol. The van der Waals surface area contributed by atoms with Gasteiger partial charge in [0.25, 0.3) is 0 Å². The Morgan fingerprint density at radius 3 is 2.70 bits per heavy atom. The fraction of sp³-hybridized carbons (Fsp3) is 0.118. The molecule has 0 radical (unpaired) electrons. The molecule has 2 aromatic carbocycles. The maximum absolute atomic E-state index is 6.41. The Bertz CT molecular complexity index is 734. The van der Waals surface area contributed by atoms with Crippen molar-refractivity contribution in [3.63, 3.8) is 0 Å². The van der Waals surface area contributed by atoms with Gasteiger partial charge in [0.05, 0.1) is 5.52 Å².